The summed E-state index contributed by atoms with van der Waals surface area (Å²) in [6.07, 6.45) is -5.42. The molecule has 0 fully saturated rings. The first-order valence-electron chi connectivity index (χ1n) is 4.40. The topological polar surface area (TPSA) is 20.2 Å². The van der Waals surface area contributed by atoms with Crippen LogP contribution in [0.5, 0.6) is 0 Å². The molecular weight excluding hydrogens is 212 g/mol. The normalized spacial score (nSPS) is 14.0. The highest BCUT2D eigenvalue weighted by Gasteiger charge is 2.31. The highest BCUT2D eigenvalue weighted by molar-refractivity contribution is 5.28. The van der Waals surface area contributed by atoms with E-state index in [1.54, 1.807) is 6.92 Å². The van der Waals surface area contributed by atoms with Crippen LogP contribution in [0.15, 0.2) is 18.2 Å². The van der Waals surface area contributed by atoms with Crippen molar-refractivity contribution in [3.05, 3.63) is 35.1 Å². The van der Waals surface area contributed by atoms with E-state index in [9.17, 15) is 22.7 Å². The largest absolute Gasteiger partial charge is 0.416 e. The number of hydrogen-bond acceptors (Lipinski definition) is 1. The first kappa shape index (κ1) is 12.0. The Labute approximate surface area is 84.3 Å². The third-order valence-corrected chi connectivity index (χ3v) is 2.02. The molecule has 0 spiro atoms. The second-order valence-corrected chi connectivity index (χ2v) is 3.20. The zero-order valence-corrected chi connectivity index (χ0v) is 7.98. The zero-order chi connectivity index (χ0) is 11.6. The highest BCUT2D eigenvalue weighted by atomic mass is 19.4. The molecule has 1 rings (SSSR count). The fourth-order valence-corrected chi connectivity index (χ4v) is 1.20. The molecule has 1 atom stereocenters. The van der Waals surface area contributed by atoms with Gasteiger partial charge >= 0.3 is 6.18 Å². The van der Waals surface area contributed by atoms with E-state index in [2.05, 4.69) is 0 Å². The minimum atomic E-state index is -4.59. The Morgan fingerprint density at radius 3 is 2.33 bits per heavy atom. The molecule has 1 aromatic carbocycles. The number of benzene rings is 1. The lowest BCUT2D eigenvalue weighted by Gasteiger charge is -2.12. The van der Waals surface area contributed by atoms with Gasteiger partial charge in [-0.1, -0.05) is 6.92 Å². The van der Waals surface area contributed by atoms with Crippen LogP contribution in [0.2, 0.25) is 0 Å². The molecule has 0 amide bonds. The average Bonchev–Trinajstić information content (AvgIpc) is 2.14. The minimum absolute atomic E-state index is 0.0511. The molecule has 1 N–H and O–H groups in total. The van der Waals surface area contributed by atoms with E-state index < -0.39 is 23.7 Å². The summed E-state index contributed by atoms with van der Waals surface area (Å²) in [6.45, 7) is 1.60. The van der Waals surface area contributed by atoms with Crippen molar-refractivity contribution in [2.75, 3.05) is 0 Å². The Hall–Kier alpha value is -1.10. The third kappa shape index (κ3) is 2.92. The van der Waals surface area contributed by atoms with E-state index in [0.717, 1.165) is 12.1 Å². The number of rotatable bonds is 2. The molecule has 0 aliphatic heterocycles. The number of aliphatic hydroxyl groups is 1. The van der Waals surface area contributed by atoms with Crippen molar-refractivity contribution in [3.8, 4) is 0 Å². The third-order valence-electron chi connectivity index (χ3n) is 2.02. The summed E-state index contributed by atoms with van der Waals surface area (Å²) in [5, 5.41) is 9.31. The molecule has 84 valence electrons. The number of alkyl halides is 3. The van der Waals surface area contributed by atoms with Crippen LogP contribution in [0.4, 0.5) is 17.6 Å². The molecule has 15 heavy (non-hydrogen) atoms. The summed E-state index contributed by atoms with van der Waals surface area (Å²) in [7, 11) is 0. The molecule has 0 aliphatic rings. The molecule has 1 unspecified atom stereocenters. The summed E-state index contributed by atoms with van der Waals surface area (Å²) in [4.78, 5) is 0. The summed E-state index contributed by atoms with van der Waals surface area (Å²) in [5.74, 6) is -0.993. The lowest BCUT2D eigenvalue weighted by Crippen LogP contribution is -2.07. The molecule has 5 heteroatoms. The second-order valence-electron chi connectivity index (χ2n) is 3.20. The molecule has 1 nitrogen and oxygen atoms in total. The Morgan fingerprint density at radius 2 is 1.87 bits per heavy atom. The smallest absolute Gasteiger partial charge is 0.388 e. The standard InChI is InChI=1S/C10H10F4O/c1-2-9(15)6-3-7(10(12,13)14)5-8(11)4-6/h3-5,9,15H,2H2,1H3. The van der Waals surface area contributed by atoms with Crippen LogP contribution < -0.4 is 0 Å². The van der Waals surface area contributed by atoms with Crippen LogP contribution in [-0.2, 0) is 6.18 Å². The Bertz CT molecular complexity index is 346. The van der Waals surface area contributed by atoms with Gasteiger partial charge in [-0.05, 0) is 30.2 Å². The van der Waals surface area contributed by atoms with Gasteiger partial charge in [0.15, 0.2) is 0 Å². The maximum Gasteiger partial charge on any atom is 0.416 e. The van der Waals surface area contributed by atoms with Gasteiger partial charge in [-0.3, -0.25) is 0 Å². The van der Waals surface area contributed by atoms with Gasteiger partial charge in [-0.15, -0.1) is 0 Å². The van der Waals surface area contributed by atoms with Crippen molar-refractivity contribution in [1.82, 2.24) is 0 Å². The van der Waals surface area contributed by atoms with Crippen LogP contribution >= 0.6 is 0 Å². The molecule has 0 bridgehead atoms. The number of hydrogen-bond donors (Lipinski definition) is 1. The Kier molecular flexibility index (Phi) is 3.34. The van der Waals surface area contributed by atoms with Gasteiger partial charge in [0.05, 0.1) is 11.7 Å². The van der Waals surface area contributed by atoms with E-state index in [1.807, 2.05) is 0 Å². The van der Waals surface area contributed by atoms with E-state index >= 15 is 0 Å². The summed E-state index contributed by atoms with van der Waals surface area (Å²) in [6, 6.07) is 2.08. The molecule has 0 radical (unpaired) electrons. The lowest BCUT2D eigenvalue weighted by atomic mass is 10.0. The van der Waals surface area contributed by atoms with Crippen molar-refractivity contribution in [3.63, 3.8) is 0 Å². The molecule has 0 aromatic heterocycles. The van der Waals surface area contributed by atoms with E-state index in [4.69, 9.17) is 0 Å². The number of halogens is 4. The fraction of sp³-hybridized carbons (Fsp3) is 0.400. The minimum Gasteiger partial charge on any atom is -0.388 e. The molecule has 0 heterocycles. The van der Waals surface area contributed by atoms with Crippen LogP contribution in [0.3, 0.4) is 0 Å². The molecule has 0 saturated heterocycles. The van der Waals surface area contributed by atoms with Gasteiger partial charge in [0.2, 0.25) is 0 Å². The fourth-order valence-electron chi connectivity index (χ4n) is 1.20. The van der Waals surface area contributed by atoms with Crippen molar-refractivity contribution < 1.29 is 22.7 Å². The molecule has 1 aromatic rings. The highest BCUT2D eigenvalue weighted by Crippen LogP contribution is 2.32. The van der Waals surface area contributed by atoms with Crippen molar-refractivity contribution in [1.29, 1.82) is 0 Å². The monoisotopic (exact) mass is 222 g/mol. The second kappa shape index (κ2) is 4.18. The summed E-state index contributed by atoms with van der Waals surface area (Å²) >= 11 is 0. The number of aliphatic hydroxyl groups excluding tert-OH is 1. The zero-order valence-electron chi connectivity index (χ0n) is 7.98. The predicted molar refractivity (Wildman–Crippen MR) is 46.7 cm³/mol. The van der Waals surface area contributed by atoms with Crippen molar-refractivity contribution in [2.45, 2.75) is 25.6 Å². The average molecular weight is 222 g/mol. The maximum absolute atomic E-state index is 12.8. The van der Waals surface area contributed by atoms with Gasteiger partial charge < -0.3 is 5.11 Å². The maximum atomic E-state index is 12.8. The molecule has 0 aliphatic carbocycles. The van der Waals surface area contributed by atoms with Gasteiger partial charge in [-0.25, -0.2) is 4.39 Å². The Balaban J connectivity index is 3.17. The van der Waals surface area contributed by atoms with Crippen LogP contribution in [0.1, 0.15) is 30.6 Å². The molecular formula is C10H10F4O. The van der Waals surface area contributed by atoms with Gasteiger partial charge in [0, 0.05) is 0 Å². The summed E-state index contributed by atoms with van der Waals surface area (Å²) < 4.78 is 49.6. The lowest BCUT2D eigenvalue weighted by molar-refractivity contribution is -0.137. The van der Waals surface area contributed by atoms with E-state index in [1.165, 1.54) is 0 Å². The van der Waals surface area contributed by atoms with Crippen molar-refractivity contribution >= 4 is 0 Å². The van der Waals surface area contributed by atoms with Crippen LogP contribution in [0.25, 0.3) is 0 Å². The van der Waals surface area contributed by atoms with Crippen LogP contribution in [-0.4, -0.2) is 5.11 Å². The van der Waals surface area contributed by atoms with E-state index in [-0.39, 0.29) is 12.0 Å². The quantitative estimate of drug-likeness (QED) is 0.761. The predicted octanol–water partition coefficient (Wildman–Crippen LogP) is 3.29. The van der Waals surface area contributed by atoms with Gasteiger partial charge in [0.25, 0.3) is 0 Å². The van der Waals surface area contributed by atoms with Gasteiger partial charge in [0.1, 0.15) is 5.82 Å². The van der Waals surface area contributed by atoms with Crippen LogP contribution in [0, 0.1) is 5.82 Å². The SMILES string of the molecule is CCC(O)c1cc(F)cc(C(F)(F)F)c1. The van der Waals surface area contributed by atoms with E-state index in [0.29, 0.717) is 6.07 Å². The first-order chi connectivity index (χ1) is 6.84. The first-order valence-corrected chi connectivity index (χ1v) is 4.40. The van der Waals surface area contributed by atoms with Crippen molar-refractivity contribution in [2.24, 2.45) is 0 Å². The molecule has 0 saturated carbocycles. The Morgan fingerprint density at radius 1 is 1.27 bits per heavy atom. The summed E-state index contributed by atoms with van der Waals surface area (Å²) in [5.41, 5.74) is -1.13. The van der Waals surface area contributed by atoms with Gasteiger partial charge in [-0.2, -0.15) is 13.2 Å².